The van der Waals surface area contributed by atoms with Crippen molar-refractivity contribution >= 4 is 28.2 Å². The minimum Gasteiger partial charge on any atom is -0.508 e. The van der Waals surface area contributed by atoms with Crippen LogP contribution >= 0.6 is 11.6 Å². The van der Waals surface area contributed by atoms with E-state index in [9.17, 15) is 5.11 Å². The molecule has 2 N–H and O–H groups in total. The van der Waals surface area contributed by atoms with E-state index in [0.29, 0.717) is 11.8 Å². The van der Waals surface area contributed by atoms with E-state index in [1.807, 2.05) is 12.1 Å². The van der Waals surface area contributed by atoms with Crippen LogP contribution in [0, 0.1) is 5.92 Å². The number of pyridine rings is 1. The van der Waals surface area contributed by atoms with Gasteiger partial charge in [-0.15, -0.1) is 11.6 Å². The third-order valence-corrected chi connectivity index (χ3v) is 3.70. The molecule has 0 saturated heterocycles. The molecule has 2 aromatic rings. The fourth-order valence-corrected chi connectivity index (χ4v) is 2.03. The molecule has 0 saturated carbocycles. The third-order valence-electron chi connectivity index (χ3n) is 3.21. The summed E-state index contributed by atoms with van der Waals surface area (Å²) >= 11 is 5.86. The van der Waals surface area contributed by atoms with Crippen LogP contribution in [0.5, 0.6) is 5.75 Å². The topological polar surface area (TPSA) is 45.2 Å². The molecule has 1 aromatic heterocycles. The van der Waals surface area contributed by atoms with Crippen LogP contribution < -0.4 is 5.32 Å². The average molecular weight is 265 g/mol. The maximum atomic E-state index is 9.57. The number of aromatic hydroxyl groups is 1. The van der Waals surface area contributed by atoms with Crippen molar-refractivity contribution < 1.29 is 5.11 Å². The number of nitrogens with one attached hydrogen (secondary N) is 1. The summed E-state index contributed by atoms with van der Waals surface area (Å²) in [5, 5.41) is 14.9. The van der Waals surface area contributed by atoms with Crippen molar-refractivity contribution in [2.75, 3.05) is 11.2 Å². The average Bonchev–Trinajstić information content (AvgIpc) is 2.38. The quantitative estimate of drug-likeness (QED) is 0.829. The summed E-state index contributed by atoms with van der Waals surface area (Å²) in [5.41, 5.74) is 0. The second kappa shape index (κ2) is 5.44. The minimum atomic E-state index is 0.225. The maximum Gasteiger partial charge on any atom is 0.134 e. The molecule has 1 heterocycles. The third kappa shape index (κ3) is 2.67. The lowest BCUT2D eigenvalue weighted by Gasteiger charge is -2.20. The van der Waals surface area contributed by atoms with Gasteiger partial charge in [-0.25, -0.2) is 4.98 Å². The van der Waals surface area contributed by atoms with E-state index in [1.165, 1.54) is 0 Å². The number of rotatable bonds is 4. The van der Waals surface area contributed by atoms with Crippen molar-refractivity contribution in [1.82, 2.24) is 4.98 Å². The molecule has 2 rings (SSSR count). The highest BCUT2D eigenvalue weighted by Crippen LogP contribution is 2.26. The van der Waals surface area contributed by atoms with Crippen LogP contribution in [0.1, 0.15) is 13.8 Å². The zero-order chi connectivity index (χ0) is 13.1. The SMILES string of the molecule is CC(CCl)C(C)Nc1nccc2ccc(O)cc12. The normalized spacial score (nSPS) is 14.4. The highest BCUT2D eigenvalue weighted by atomic mass is 35.5. The number of phenols is 1. The van der Waals surface area contributed by atoms with Crippen molar-refractivity contribution in [2.45, 2.75) is 19.9 Å². The van der Waals surface area contributed by atoms with Crippen LogP contribution in [-0.4, -0.2) is 22.0 Å². The van der Waals surface area contributed by atoms with E-state index in [1.54, 1.807) is 18.3 Å². The molecule has 0 bridgehead atoms. The van der Waals surface area contributed by atoms with Crippen LogP contribution in [0.25, 0.3) is 10.8 Å². The first kappa shape index (κ1) is 13.0. The number of benzene rings is 1. The van der Waals surface area contributed by atoms with Crippen LogP contribution in [0.2, 0.25) is 0 Å². The summed E-state index contributed by atoms with van der Waals surface area (Å²) in [6, 6.07) is 7.44. The molecule has 1 aromatic carbocycles. The zero-order valence-electron chi connectivity index (χ0n) is 10.5. The van der Waals surface area contributed by atoms with Gasteiger partial charge in [-0.2, -0.15) is 0 Å². The smallest absolute Gasteiger partial charge is 0.134 e. The summed E-state index contributed by atoms with van der Waals surface area (Å²) in [6.07, 6.45) is 1.76. The summed E-state index contributed by atoms with van der Waals surface area (Å²) in [4.78, 5) is 4.34. The van der Waals surface area contributed by atoms with Crippen LogP contribution in [-0.2, 0) is 0 Å². The Bertz CT molecular complexity index is 544. The lowest BCUT2D eigenvalue weighted by molar-refractivity contribution is 0.476. The monoisotopic (exact) mass is 264 g/mol. The van der Waals surface area contributed by atoms with Crippen molar-refractivity contribution in [2.24, 2.45) is 5.92 Å². The Morgan fingerprint density at radius 1 is 1.33 bits per heavy atom. The molecule has 18 heavy (non-hydrogen) atoms. The second-order valence-electron chi connectivity index (χ2n) is 4.63. The molecular formula is C14H17ClN2O. The molecule has 0 spiro atoms. The number of alkyl halides is 1. The zero-order valence-corrected chi connectivity index (χ0v) is 11.3. The van der Waals surface area contributed by atoms with Gasteiger partial charge in [0.15, 0.2) is 0 Å². The first-order chi connectivity index (χ1) is 8.61. The Hall–Kier alpha value is -1.48. The number of nitrogens with zero attached hydrogens (tertiary/aromatic N) is 1. The van der Waals surface area contributed by atoms with Crippen LogP contribution in [0.4, 0.5) is 5.82 Å². The van der Waals surface area contributed by atoms with Gasteiger partial charge in [0, 0.05) is 23.5 Å². The number of anilines is 1. The van der Waals surface area contributed by atoms with Crippen LogP contribution in [0.15, 0.2) is 30.5 Å². The second-order valence-corrected chi connectivity index (χ2v) is 4.94. The van der Waals surface area contributed by atoms with Gasteiger partial charge < -0.3 is 10.4 Å². The number of aromatic nitrogens is 1. The molecule has 2 atom stereocenters. The fourth-order valence-electron chi connectivity index (χ4n) is 1.76. The Morgan fingerprint density at radius 3 is 2.83 bits per heavy atom. The highest BCUT2D eigenvalue weighted by Gasteiger charge is 2.12. The molecular weight excluding hydrogens is 248 g/mol. The van der Waals surface area contributed by atoms with E-state index in [0.717, 1.165) is 16.6 Å². The number of hydrogen-bond acceptors (Lipinski definition) is 3. The van der Waals surface area contributed by atoms with Crippen molar-refractivity contribution in [3.8, 4) is 5.75 Å². The highest BCUT2D eigenvalue weighted by molar-refractivity contribution is 6.18. The van der Waals surface area contributed by atoms with Gasteiger partial charge in [0.05, 0.1) is 0 Å². The lowest BCUT2D eigenvalue weighted by atomic mass is 10.1. The van der Waals surface area contributed by atoms with E-state index in [4.69, 9.17) is 11.6 Å². The first-order valence-corrected chi connectivity index (χ1v) is 6.55. The molecule has 4 heteroatoms. The summed E-state index contributed by atoms with van der Waals surface area (Å²) in [5.74, 6) is 1.98. The predicted molar refractivity (Wildman–Crippen MR) is 76.4 cm³/mol. The van der Waals surface area contributed by atoms with Crippen LogP contribution in [0.3, 0.4) is 0 Å². The van der Waals surface area contributed by atoms with E-state index in [-0.39, 0.29) is 11.8 Å². The molecule has 0 amide bonds. The van der Waals surface area contributed by atoms with Gasteiger partial charge >= 0.3 is 0 Å². The largest absolute Gasteiger partial charge is 0.508 e. The Balaban J connectivity index is 2.35. The minimum absolute atomic E-state index is 0.225. The summed E-state index contributed by atoms with van der Waals surface area (Å²) < 4.78 is 0. The fraction of sp³-hybridized carbons (Fsp3) is 0.357. The lowest BCUT2D eigenvalue weighted by Crippen LogP contribution is -2.25. The molecule has 0 aliphatic heterocycles. The molecule has 96 valence electrons. The first-order valence-electron chi connectivity index (χ1n) is 6.02. The van der Waals surface area contributed by atoms with Crippen molar-refractivity contribution in [3.63, 3.8) is 0 Å². The summed E-state index contributed by atoms with van der Waals surface area (Å²) in [7, 11) is 0. The van der Waals surface area contributed by atoms with E-state index >= 15 is 0 Å². The number of hydrogen-bond donors (Lipinski definition) is 2. The summed E-state index contributed by atoms with van der Waals surface area (Å²) in [6.45, 7) is 4.17. The van der Waals surface area contributed by atoms with E-state index < -0.39 is 0 Å². The molecule has 0 aliphatic carbocycles. The van der Waals surface area contributed by atoms with Crippen molar-refractivity contribution in [1.29, 1.82) is 0 Å². The Kier molecular flexibility index (Phi) is 3.92. The molecule has 0 radical (unpaired) electrons. The van der Waals surface area contributed by atoms with Gasteiger partial charge in [-0.05, 0) is 36.4 Å². The number of fused-ring (bicyclic) bond motifs is 1. The van der Waals surface area contributed by atoms with Gasteiger partial charge in [0.2, 0.25) is 0 Å². The van der Waals surface area contributed by atoms with Gasteiger partial charge in [0.25, 0.3) is 0 Å². The van der Waals surface area contributed by atoms with Gasteiger partial charge in [-0.3, -0.25) is 0 Å². The molecule has 0 fully saturated rings. The standard InChI is InChI=1S/C14H17ClN2O/c1-9(8-15)10(2)17-14-13-7-12(18)4-3-11(13)5-6-16-14/h3-7,9-10,18H,8H2,1-2H3,(H,16,17). The van der Waals surface area contributed by atoms with Crippen molar-refractivity contribution in [3.05, 3.63) is 30.5 Å². The molecule has 2 unspecified atom stereocenters. The maximum absolute atomic E-state index is 9.57. The van der Waals surface area contributed by atoms with E-state index in [2.05, 4.69) is 24.1 Å². The van der Waals surface area contributed by atoms with Gasteiger partial charge in [-0.1, -0.05) is 13.0 Å². The Labute approximate surface area is 112 Å². The number of phenolic OH excluding ortho intramolecular Hbond substituents is 1. The number of halogens is 1. The molecule has 3 nitrogen and oxygen atoms in total. The predicted octanol–water partition coefficient (Wildman–Crippen LogP) is 3.62. The van der Waals surface area contributed by atoms with Gasteiger partial charge in [0.1, 0.15) is 11.6 Å². The Morgan fingerprint density at radius 2 is 2.11 bits per heavy atom. The molecule has 0 aliphatic rings.